The number of amides is 1. The number of carbonyl (C=O) groups is 1. The van der Waals surface area contributed by atoms with Gasteiger partial charge >= 0.3 is 6.09 Å². The van der Waals surface area contributed by atoms with E-state index in [0.717, 1.165) is 0 Å². The van der Waals surface area contributed by atoms with E-state index in [1.54, 1.807) is 26.8 Å². The van der Waals surface area contributed by atoms with Gasteiger partial charge in [-0.25, -0.2) is 4.79 Å². The molecule has 0 aliphatic heterocycles. The van der Waals surface area contributed by atoms with Gasteiger partial charge in [-0.3, -0.25) is 0 Å². The number of methoxy groups -OCH3 is 1. The molecule has 7 heteroatoms. The zero-order chi connectivity index (χ0) is 14.5. The molecule has 7 nitrogen and oxygen atoms in total. The molecule has 0 radical (unpaired) electrons. The number of hydrogen-bond donors (Lipinski definition) is 2. The molecular formula is C12H21N3O4. The molecule has 1 amide bonds. The maximum Gasteiger partial charge on any atom is 0.407 e. The van der Waals surface area contributed by atoms with Crippen molar-refractivity contribution in [2.24, 2.45) is 5.73 Å². The van der Waals surface area contributed by atoms with Crippen molar-refractivity contribution in [1.29, 1.82) is 0 Å². The van der Waals surface area contributed by atoms with E-state index in [-0.39, 0.29) is 12.6 Å². The van der Waals surface area contributed by atoms with Gasteiger partial charge in [0.15, 0.2) is 0 Å². The summed E-state index contributed by atoms with van der Waals surface area (Å²) in [7, 11) is 1.50. The van der Waals surface area contributed by atoms with Crippen molar-refractivity contribution >= 4 is 6.09 Å². The number of nitrogens with zero attached hydrogens (tertiary/aromatic N) is 1. The van der Waals surface area contributed by atoms with Crippen molar-refractivity contribution in [3.63, 3.8) is 0 Å². The Bertz CT molecular complexity index is 411. The Morgan fingerprint density at radius 2 is 2.26 bits per heavy atom. The van der Waals surface area contributed by atoms with Crippen LogP contribution in [0, 0.1) is 0 Å². The van der Waals surface area contributed by atoms with Gasteiger partial charge in [0.1, 0.15) is 11.4 Å². The molecule has 1 aromatic heterocycles. The molecule has 1 aromatic rings. The first-order chi connectivity index (χ1) is 8.84. The van der Waals surface area contributed by atoms with E-state index in [2.05, 4.69) is 10.5 Å². The molecule has 0 aliphatic rings. The average Bonchev–Trinajstić information content (AvgIpc) is 2.73. The molecule has 0 aliphatic carbocycles. The van der Waals surface area contributed by atoms with Gasteiger partial charge in [-0.1, -0.05) is 0 Å². The maximum absolute atomic E-state index is 11.6. The first-order valence-electron chi connectivity index (χ1n) is 6.03. The summed E-state index contributed by atoms with van der Waals surface area (Å²) in [6, 6.07) is 1.37. The van der Waals surface area contributed by atoms with Crippen LogP contribution in [0.15, 0.2) is 10.6 Å². The highest BCUT2D eigenvalue weighted by Crippen LogP contribution is 2.12. The van der Waals surface area contributed by atoms with E-state index >= 15 is 0 Å². The Morgan fingerprint density at radius 3 is 2.74 bits per heavy atom. The van der Waals surface area contributed by atoms with Crippen LogP contribution in [0.1, 0.15) is 26.5 Å². The normalized spacial score (nSPS) is 12.9. The van der Waals surface area contributed by atoms with E-state index in [0.29, 0.717) is 18.1 Å². The van der Waals surface area contributed by atoms with E-state index < -0.39 is 11.7 Å². The second-order valence-corrected chi connectivity index (χ2v) is 5.12. The summed E-state index contributed by atoms with van der Waals surface area (Å²) in [4.78, 5) is 11.6. The molecule has 1 atom stereocenters. The number of nitrogens with two attached hydrogens (primary N) is 1. The van der Waals surface area contributed by atoms with Crippen LogP contribution in [0.3, 0.4) is 0 Å². The van der Waals surface area contributed by atoms with Gasteiger partial charge in [0, 0.05) is 19.0 Å². The van der Waals surface area contributed by atoms with Crippen LogP contribution < -0.4 is 15.8 Å². The Kier molecular flexibility index (Phi) is 5.17. The Labute approximate surface area is 112 Å². The number of ether oxygens (including phenoxy) is 2. The molecule has 0 fully saturated rings. The molecule has 0 bridgehead atoms. The Morgan fingerprint density at radius 1 is 1.58 bits per heavy atom. The molecule has 1 rings (SSSR count). The van der Waals surface area contributed by atoms with Crippen molar-refractivity contribution in [3.05, 3.63) is 11.8 Å². The molecule has 3 N–H and O–H groups in total. The number of hydrogen-bond acceptors (Lipinski definition) is 6. The fourth-order valence-electron chi connectivity index (χ4n) is 1.40. The molecule has 0 saturated carbocycles. The number of carbonyl (C=O) groups excluding carboxylic acids is 1. The SMILES string of the molecule is COc1cc(CC(CN)NC(=O)OC(C)(C)C)on1. The summed E-state index contributed by atoms with van der Waals surface area (Å²) in [5.74, 6) is 0.978. The first kappa shape index (κ1) is 15.3. The van der Waals surface area contributed by atoms with E-state index in [1.807, 2.05) is 0 Å². The van der Waals surface area contributed by atoms with Crippen molar-refractivity contribution < 1.29 is 18.8 Å². The Hall–Kier alpha value is -1.76. The molecule has 0 aromatic carbocycles. The maximum atomic E-state index is 11.6. The van der Waals surface area contributed by atoms with Gasteiger partial charge in [-0.2, -0.15) is 0 Å². The lowest BCUT2D eigenvalue weighted by molar-refractivity contribution is 0.0504. The van der Waals surface area contributed by atoms with Crippen LogP contribution >= 0.6 is 0 Å². The molecule has 108 valence electrons. The van der Waals surface area contributed by atoms with E-state index in [4.69, 9.17) is 19.7 Å². The molecule has 19 heavy (non-hydrogen) atoms. The highest BCUT2D eigenvalue weighted by atomic mass is 16.6. The minimum atomic E-state index is -0.543. The zero-order valence-electron chi connectivity index (χ0n) is 11.7. The minimum absolute atomic E-state index is 0.266. The average molecular weight is 271 g/mol. The van der Waals surface area contributed by atoms with Crippen molar-refractivity contribution in [2.75, 3.05) is 13.7 Å². The Balaban J connectivity index is 2.51. The van der Waals surface area contributed by atoms with Crippen LogP contribution in [-0.2, 0) is 11.2 Å². The summed E-state index contributed by atoms with van der Waals surface area (Å²) in [6.45, 7) is 5.66. The fraction of sp³-hybridized carbons (Fsp3) is 0.667. The minimum Gasteiger partial charge on any atom is -0.479 e. The summed E-state index contributed by atoms with van der Waals surface area (Å²) in [6.07, 6.45) is -0.0824. The number of alkyl carbamates (subject to hydrolysis) is 1. The van der Waals surface area contributed by atoms with Crippen LogP contribution in [0.5, 0.6) is 5.88 Å². The van der Waals surface area contributed by atoms with Crippen molar-refractivity contribution in [2.45, 2.75) is 38.8 Å². The van der Waals surface area contributed by atoms with Gasteiger partial charge in [-0.15, -0.1) is 0 Å². The number of rotatable bonds is 5. The second kappa shape index (κ2) is 6.42. The largest absolute Gasteiger partial charge is 0.479 e. The van der Waals surface area contributed by atoms with Crippen LogP contribution in [0.25, 0.3) is 0 Å². The summed E-state index contributed by atoms with van der Waals surface area (Å²) in [5.41, 5.74) is 5.07. The number of nitrogens with one attached hydrogen (secondary N) is 1. The lowest BCUT2D eigenvalue weighted by Gasteiger charge is -2.22. The third kappa shape index (κ3) is 5.60. The second-order valence-electron chi connectivity index (χ2n) is 5.12. The van der Waals surface area contributed by atoms with E-state index in [9.17, 15) is 4.79 Å². The number of aromatic nitrogens is 1. The quantitative estimate of drug-likeness (QED) is 0.831. The summed E-state index contributed by atoms with van der Waals surface area (Å²) in [5, 5.41) is 6.36. The summed E-state index contributed by atoms with van der Waals surface area (Å²) >= 11 is 0. The lowest BCUT2D eigenvalue weighted by Crippen LogP contribution is -2.44. The van der Waals surface area contributed by atoms with E-state index in [1.165, 1.54) is 7.11 Å². The predicted molar refractivity (Wildman–Crippen MR) is 69.0 cm³/mol. The monoisotopic (exact) mass is 271 g/mol. The highest BCUT2D eigenvalue weighted by Gasteiger charge is 2.20. The van der Waals surface area contributed by atoms with Gasteiger partial charge in [-0.05, 0) is 25.9 Å². The predicted octanol–water partition coefficient (Wildman–Crippen LogP) is 1.08. The standard InChI is InChI=1S/C12H21N3O4/c1-12(2,3)18-11(16)14-8(7-13)5-9-6-10(17-4)15-19-9/h6,8H,5,7,13H2,1-4H3,(H,14,16). The van der Waals surface area contributed by atoms with Gasteiger partial charge in [0.25, 0.3) is 5.88 Å². The molecule has 0 saturated heterocycles. The van der Waals surface area contributed by atoms with Crippen LogP contribution in [-0.4, -0.2) is 36.5 Å². The molecule has 1 unspecified atom stereocenters. The summed E-state index contributed by atoms with van der Waals surface area (Å²) < 4.78 is 15.1. The smallest absolute Gasteiger partial charge is 0.407 e. The first-order valence-corrected chi connectivity index (χ1v) is 6.03. The molecular weight excluding hydrogens is 250 g/mol. The third-order valence-corrected chi connectivity index (χ3v) is 2.20. The topological polar surface area (TPSA) is 99.6 Å². The highest BCUT2D eigenvalue weighted by molar-refractivity contribution is 5.68. The van der Waals surface area contributed by atoms with Gasteiger partial charge < -0.3 is 25.0 Å². The van der Waals surface area contributed by atoms with Crippen molar-refractivity contribution in [1.82, 2.24) is 10.5 Å². The third-order valence-electron chi connectivity index (χ3n) is 2.20. The molecule has 0 spiro atoms. The lowest BCUT2D eigenvalue weighted by atomic mass is 10.1. The van der Waals surface area contributed by atoms with Crippen LogP contribution in [0.4, 0.5) is 4.79 Å². The van der Waals surface area contributed by atoms with Crippen LogP contribution in [0.2, 0.25) is 0 Å². The fourth-order valence-corrected chi connectivity index (χ4v) is 1.40. The van der Waals surface area contributed by atoms with Gasteiger partial charge in [0.05, 0.1) is 13.2 Å². The molecule has 1 heterocycles. The zero-order valence-corrected chi connectivity index (χ0v) is 11.7. The van der Waals surface area contributed by atoms with Gasteiger partial charge in [0.2, 0.25) is 0 Å². The van der Waals surface area contributed by atoms with Crippen molar-refractivity contribution in [3.8, 4) is 5.88 Å².